The largest absolute Gasteiger partial charge is 0.352 e. The van der Waals surface area contributed by atoms with Crippen LogP contribution >= 0.6 is 0 Å². The van der Waals surface area contributed by atoms with Gasteiger partial charge >= 0.3 is 6.03 Å². The maximum absolute atomic E-state index is 12.0. The van der Waals surface area contributed by atoms with Crippen LogP contribution in [0.1, 0.15) is 18.1 Å². The van der Waals surface area contributed by atoms with Gasteiger partial charge in [0.15, 0.2) is 0 Å². The van der Waals surface area contributed by atoms with E-state index in [1.807, 2.05) is 7.05 Å². The number of aromatic nitrogens is 1. The van der Waals surface area contributed by atoms with Gasteiger partial charge < -0.3 is 20.5 Å². The van der Waals surface area contributed by atoms with E-state index in [9.17, 15) is 14.0 Å². The number of urea groups is 1. The lowest BCUT2D eigenvalue weighted by molar-refractivity contribution is -0.122. The quantitative estimate of drug-likeness (QED) is 0.714. The molecule has 7 heteroatoms. The molecule has 0 saturated carbocycles. The number of hydrogen-bond donors (Lipinski definition) is 3. The summed E-state index contributed by atoms with van der Waals surface area (Å²) in [6.07, 6.45) is 2.76. The summed E-state index contributed by atoms with van der Waals surface area (Å²) in [4.78, 5) is 23.4. The number of nitrogens with one attached hydrogen (secondary N) is 3. The van der Waals surface area contributed by atoms with Crippen molar-refractivity contribution in [2.24, 2.45) is 7.05 Å². The average Bonchev–Trinajstić information content (AvgIpc) is 2.88. The third-order valence-electron chi connectivity index (χ3n) is 4.04. The van der Waals surface area contributed by atoms with Crippen LogP contribution in [-0.4, -0.2) is 42.3 Å². The molecule has 0 aliphatic heterocycles. The lowest BCUT2D eigenvalue weighted by Gasteiger charge is -2.14. The molecule has 1 heterocycles. The Hall–Kier alpha value is -2.57. The van der Waals surface area contributed by atoms with E-state index in [2.05, 4.69) is 51.8 Å². The molecule has 1 atom stereocenters. The van der Waals surface area contributed by atoms with E-state index in [1.54, 1.807) is 6.92 Å². The normalized spacial score (nSPS) is 12.0. The molecule has 136 valence electrons. The number of carbonyl (C=O) groups excluding carboxylic acids is 2. The zero-order valence-electron chi connectivity index (χ0n) is 14.9. The first-order valence-electron chi connectivity index (χ1n) is 8.35. The highest BCUT2D eigenvalue weighted by Gasteiger charge is 2.14. The van der Waals surface area contributed by atoms with Crippen LogP contribution in [0.15, 0.2) is 24.4 Å². The van der Waals surface area contributed by atoms with Crippen molar-refractivity contribution in [2.45, 2.75) is 26.3 Å². The molecule has 0 bridgehead atoms. The summed E-state index contributed by atoms with van der Waals surface area (Å²) in [6.45, 7) is 3.39. The zero-order chi connectivity index (χ0) is 18.4. The Bertz CT molecular complexity index is 757. The van der Waals surface area contributed by atoms with Crippen molar-refractivity contribution >= 4 is 22.8 Å². The van der Waals surface area contributed by atoms with Gasteiger partial charge in [-0.15, -0.1) is 0 Å². The molecule has 3 amide bonds. The monoisotopic (exact) mass is 348 g/mol. The van der Waals surface area contributed by atoms with Gasteiger partial charge in [0.1, 0.15) is 12.7 Å². The van der Waals surface area contributed by atoms with Crippen molar-refractivity contribution in [3.8, 4) is 0 Å². The van der Waals surface area contributed by atoms with Crippen LogP contribution in [-0.2, 0) is 18.3 Å². The van der Waals surface area contributed by atoms with Gasteiger partial charge in [0.25, 0.3) is 0 Å². The Morgan fingerprint density at radius 1 is 1.24 bits per heavy atom. The number of amides is 3. The second-order valence-electron chi connectivity index (χ2n) is 6.14. The highest BCUT2D eigenvalue weighted by molar-refractivity contribution is 5.87. The summed E-state index contributed by atoms with van der Waals surface area (Å²) in [7, 11) is 2.00. The highest BCUT2D eigenvalue weighted by Crippen LogP contribution is 2.22. The molecule has 0 aliphatic carbocycles. The van der Waals surface area contributed by atoms with Gasteiger partial charge in [-0.2, -0.15) is 0 Å². The third kappa shape index (κ3) is 4.95. The summed E-state index contributed by atoms with van der Waals surface area (Å²) in [6, 6.07) is 5.17. The van der Waals surface area contributed by atoms with Crippen molar-refractivity contribution < 1.29 is 14.0 Å². The minimum atomic E-state index is -0.716. The highest BCUT2D eigenvalue weighted by atomic mass is 19.1. The van der Waals surface area contributed by atoms with Crippen molar-refractivity contribution in [3.05, 3.63) is 35.5 Å². The maximum Gasteiger partial charge on any atom is 0.315 e. The Labute approximate surface area is 146 Å². The second kappa shape index (κ2) is 8.50. The van der Waals surface area contributed by atoms with Gasteiger partial charge in [0.05, 0.1) is 0 Å². The van der Waals surface area contributed by atoms with E-state index < -0.39 is 24.7 Å². The van der Waals surface area contributed by atoms with E-state index in [4.69, 9.17) is 0 Å². The lowest BCUT2D eigenvalue weighted by atomic mass is 10.1. The molecule has 2 aromatic rings. The Kier molecular flexibility index (Phi) is 6.38. The lowest BCUT2D eigenvalue weighted by Crippen LogP contribution is -2.49. The maximum atomic E-state index is 12.0. The molecule has 0 spiro atoms. The topological polar surface area (TPSA) is 75.2 Å². The van der Waals surface area contributed by atoms with Crippen LogP contribution in [0.3, 0.4) is 0 Å². The number of nitrogens with zero attached hydrogens (tertiary/aromatic N) is 1. The first-order chi connectivity index (χ1) is 11.9. The number of rotatable bonds is 7. The standard InChI is InChI=1S/C18H25FN4O2/c1-12-4-5-15-14(11-23(3)16(15)10-12)6-8-21-18(25)22-13(2)17(24)20-9-7-19/h4-5,10-11,13H,6-9H2,1-3H3,(H,20,24)(H2,21,22,25). The summed E-state index contributed by atoms with van der Waals surface area (Å²) in [5.41, 5.74) is 3.53. The number of aryl methyl sites for hydroxylation is 2. The summed E-state index contributed by atoms with van der Waals surface area (Å²) >= 11 is 0. The number of alkyl halides is 1. The smallest absolute Gasteiger partial charge is 0.315 e. The fourth-order valence-corrected chi connectivity index (χ4v) is 2.72. The van der Waals surface area contributed by atoms with Crippen molar-refractivity contribution in [3.63, 3.8) is 0 Å². The number of hydrogen-bond acceptors (Lipinski definition) is 2. The SMILES string of the molecule is Cc1ccc2c(CCNC(=O)NC(C)C(=O)NCCF)cn(C)c2c1. The molecule has 0 saturated heterocycles. The molecule has 6 nitrogen and oxygen atoms in total. The van der Waals surface area contributed by atoms with Crippen molar-refractivity contribution in [1.29, 1.82) is 0 Å². The first kappa shape index (κ1) is 18.8. The molecule has 0 fully saturated rings. The van der Waals surface area contributed by atoms with E-state index in [1.165, 1.54) is 10.9 Å². The molecule has 0 radical (unpaired) electrons. The summed E-state index contributed by atoms with van der Waals surface area (Å²) < 4.78 is 14.1. The van der Waals surface area contributed by atoms with E-state index in [0.29, 0.717) is 13.0 Å². The number of fused-ring (bicyclic) bond motifs is 1. The number of carbonyl (C=O) groups is 2. The van der Waals surface area contributed by atoms with Crippen LogP contribution < -0.4 is 16.0 Å². The van der Waals surface area contributed by atoms with Crippen molar-refractivity contribution in [1.82, 2.24) is 20.5 Å². The fraction of sp³-hybridized carbons (Fsp3) is 0.444. The first-order valence-corrected chi connectivity index (χ1v) is 8.35. The second-order valence-corrected chi connectivity index (χ2v) is 6.14. The molecule has 25 heavy (non-hydrogen) atoms. The molecule has 1 unspecified atom stereocenters. The molecule has 2 rings (SSSR count). The van der Waals surface area contributed by atoms with Gasteiger partial charge in [0, 0.05) is 37.2 Å². The van der Waals surface area contributed by atoms with Gasteiger partial charge in [-0.25, -0.2) is 9.18 Å². The predicted octanol–water partition coefficient (Wildman–Crippen LogP) is 1.80. The van der Waals surface area contributed by atoms with Gasteiger partial charge in [-0.1, -0.05) is 12.1 Å². The number of halogens is 1. The fourth-order valence-electron chi connectivity index (χ4n) is 2.72. The summed E-state index contributed by atoms with van der Waals surface area (Å²) in [5, 5.41) is 8.84. The minimum absolute atomic E-state index is 0.0486. The molecule has 1 aromatic carbocycles. The molecular weight excluding hydrogens is 323 g/mol. The third-order valence-corrected chi connectivity index (χ3v) is 4.04. The van der Waals surface area contributed by atoms with E-state index in [-0.39, 0.29) is 6.54 Å². The molecule has 1 aromatic heterocycles. The average molecular weight is 348 g/mol. The summed E-state index contributed by atoms with van der Waals surface area (Å²) in [5.74, 6) is -0.405. The Morgan fingerprint density at radius 3 is 2.72 bits per heavy atom. The minimum Gasteiger partial charge on any atom is -0.352 e. The van der Waals surface area contributed by atoms with Crippen LogP contribution in [0, 0.1) is 6.92 Å². The Balaban J connectivity index is 1.84. The number of benzene rings is 1. The van der Waals surface area contributed by atoms with E-state index >= 15 is 0 Å². The van der Waals surface area contributed by atoms with Gasteiger partial charge in [0.2, 0.25) is 5.91 Å². The van der Waals surface area contributed by atoms with Gasteiger partial charge in [-0.3, -0.25) is 4.79 Å². The van der Waals surface area contributed by atoms with Gasteiger partial charge in [-0.05, 0) is 37.5 Å². The van der Waals surface area contributed by atoms with Crippen LogP contribution in [0.25, 0.3) is 10.9 Å². The molecule has 3 N–H and O–H groups in total. The van der Waals surface area contributed by atoms with Crippen molar-refractivity contribution in [2.75, 3.05) is 19.8 Å². The van der Waals surface area contributed by atoms with Crippen LogP contribution in [0.2, 0.25) is 0 Å². The van der Waals surface area contributed by atoms with Crippen LogP contribution in [0.4, 0.5) is 9.18 Å². The van der Waals surface area contributed by atoms with Crippen LogP contribution in [0.5, 0.6) is 0 Å². The Morgan fingerprint density at radius 2 is 2.00 bits per heavy atom. The zero-order valence-corrected chi connectivity index (χ0v) is 14.9. The molecule has 0 aliphatic rings. The van der Waals surface area contributed by atoms with E-state index in [0.717, 1.165) is 11.1 Å². The molecular formula is C18H25FN4O2. The predicted molar refractivity (Wildman–Crippen MR) is 96.3 cm³/mol.